The lowest BCUT2D eigenvalue weighted by atomic mass is 10.2. The number of ether oxygens (including phenoxy) is 2. The summed E-state index contributed by atoms with van der Waals surface area (Å²) in [6.45, 7) is 5.55. The minimum atomic E-state index is -0.636. The van der Waals surface area contributed by atoms with E-state index < -0.39 is 23.7 Å². The molecule has 0 saturated carbocycles. The molecule has 0 unspecified atom stereocenters. The van der Waals surface area contributed by atoms with Crippen LogP contribution in [0.4, 0.5) is 4.79 Å². The monoisotopic (exact) mass is 318 g/mol. The minimum Gasteiger partial charge on any atom is -0.468 e. The molecule has 1 aliphatic rings. The zero-order valence-electron chi connectivity index (χ0n) is 12.8. The van der Waals surface area contributed by atoms with Crippen LogP contribution in [0.25, 0.3) is 0 Å². The van der Waals surface area contributed by atoms with E-state index in [4.69, 9.17) is 4.74 Å². The lowest BCUT2D eigenvalue weighted by Crippen LogP contribution is -2.55. The molecule has 0 aromatic heterocycles. The average molecular weight is 318 g/mol. The molecule has 1 N–H and O–H groups in total. The first-order chi connectivity index (χ1) is 9.74. The van der Waals surface area contributed by atoms with Crippen LogP contribution in [0, 0.1) is 0 Å². The number of nitrogens with one attached hydrogen (secondary N) is 1. The van der Waals surface area contributed by atoms with Crippen LogP contribution < -0.4 is 5.32 Å². The number of methoxy groups -OCH3 is 1. The normalized spacial score (nSPS) is 18.9. The van der Waals surface area contributed by atoms with E-state index in [1.54, 1.807) is 32.5 Å². The van der Waals surface area contributed by atoms with Crippen molar-refractivity contribution in [2.75, 3.05) is 31.7 Å². The van der Waals surface area contributed by atoms with Gasteiger partial charge in [0.2, 0.25) is 5.91 Å². The summed E-state index contributed by atoms with van der Waals surface area (Å²) < 4.78 is 9.77. The molecule has 0 aliphatic carbocycles. The number of rotatable bonds is 3. The van der Waals surface area contributed by atoms with Crippen LogP contribution in [0.1, 0.15) is 20.8 Å². The summed E-state index contributed by atoms with van der Waals surface area (Å²) in [5, 5.41) is 2.47. The van der Waals surface area contributed by atoms with E-state index in [9.17, 15) is 14.4 Å². The van der Waals surface area contributed by atoms with Crippen molar-refractivity contribution in [1.29, 1.82) is 0 Å². The third-order valence-corrected chi connectivity index (χ3v) is 3.72. The second-order valence-electron chi connectivity index (χ2n) is 5.56. The molecule has 21 heavy (non-hydrogen) atoms. The van der Waals surface area contributed by atoms with Gasteiger partial charge in [-0.2, -0.15) is 11.8 Å². The standard InChI is InChI=1S/C13H22N2O5S/c1-13(2,3)20-12(18)15-5-6-21-8-9(15)11(17)14-7-10(16)19-4/h9H,5-8H2,1-4H3,(H,14,17)/t9-/m0/s1. The number of carbonyl (C=O) groups excluding carboxylic acids is 3. The van der Waals surface area contributed by atoms with Crippen molar-refractivity contribution in [2.45, 2.75) is 32.4 Å². The second-order valence-corrected chi connectivity index (χ2v) is 6.71. The van der Waals surface area contributed by atoms with Gasteiger partial charge in [0.15, 0.2) is 0 Å². The smallest absolute Gasteiger partial charge is 0.411 e. The third kappa shape index (κ3) is 5.82. The van der Waals surface area contributed by atoms with Gasteiger partial charge in [-0.15, -0.1) is 0 Å². The van der Waals surface area contributed by atoms with Gasteiger partial charge in [-0.1, -0.05) is 0 Å². The highest BCUT2D eigenvalue weighted by Crippen LogP contribution is 2.20. The first-order valence-corrected chi connectivity index (χ1v) is 7.82. The van der Waals surface area contributed by atoms with Crippen LogP contribution in [-0.4, -0.2) is 66.2 Å². The van der Waals surface area contributed by atoms with Gasteiger partial charge in [-0.25, -0.2) is 4.79 Å². The second kappa shape index (κ2) is 7.53. The molecule has 7 nitrogen and oxygen atoms in total. The van der Waals surface area contributed by atoms with Gasteiger partial charge >= 0.3 is 12.1 Å². The molecule has 0 aromatic rings. The van der Waals surface area contributed by atoms with Gasteiger partial charge in [-0.3, -0.25) is 14.5 Å². The number of thioether (sulfide) groups is 1. The van der Waals surface area contributed by atoms with E-state index in [-0.39, 0.29) is 12.5 Å². The van der Waals surface area contributed by atoms with Crippen molar-refractivity contribution < 1.29 is 23.9 Å². The highest BCUT2D eigenvalue weighted by atomic mass is 32.2. The van der Waals surface area contributed by atoms with Crippen LogP contribution >= 0.6 is 11.8 Å². The number of esters is 1. The molecule has 0 spiro atoms. The zero-order chi connectivity index (χ0) is 16.0. The van der Waals surface area contributed by atoms with Crippen LogP contribution in [0.15, 0.2) is 0 Å². The molecule has 1 saturated heterocycles. The average Bonchev–Trinajstić information content (AvgIpc) is 2.42. The van der Waals surface area contributed by atoms with Crippen molar-refractivity contribution in [3.8, 4) is 0 Å². The Kier molecular flexibility index (Phi) is 6.32. The van der Waals surface area contributed by atoms with E-state index in [2.05, 4.69) is 10.1 Å². The van der Waals surface area contributed by atoms with E-state index in [1.807, 2.05) is 0 Å². The third-order valence-electron chi connectivity index (χ3n) is 2.69. The predicted molar refractivity (Wildman–Crippen MR) is 79.1 cm³/mol. The molecular weight excluding hydrogens is 296 g/mol. The molecule has 0 aromatic carbocycles. The fourth-order valence-electron chi connectivity index (χ4n) is 1.71. The van der Waals surface area contributed by atoms with Crippen LogP contribution in [0.5, 0.6) is 0 Å². The van der Waals surface area contributed by atoms with Gasteiger partial charge in [0, 0.05) is 18.1 Å². The quantitative estimate of drug-likeness (QED) is 0.768. The summed E-state index contributed by atoms with van der Waals surface area (Å²) in [6, 6.07) is -0.636. The van der Waals surface area contributed by atoms with Gasteiger partial charge in [0.05, 0.1) is 7.11 Å². The molecule has 1 atom stereocenters. The minimum absolute atomic E-state index is 0.210. The summed E-state index contributed by atoms with van der Waals surface area (Å²) >= 11 is 1.58. The Labute approximate surface area is 128 Å². The Balaban J connectivity index is 2.66. The molecule has 1 fully saturated rings. The molecule has 8 heteroatoms. The highest BCUT2D eigenvalue weighted by Gasteiger charge is 2.35. The van der Waals surface area contributed by atoms with Crippen molar-refractivity contribution in [3.63, 3.8) is 0 Å². The molecule has 120 valence electrons. The van der Waals surface area contributed by atoms with Gasteiger partial charge < -0.3 is 14.8 Å². The van der Waals surface area contributed by atoms with Crippen molar-refractivity contribution >= 4 is 29.7 Å². The SMILES string of the molecule is COC(=O)CNC(=O)[C@@H]1CSCCN1C(=O)OC(C)(C)C. The Bertz CT molecular complexity index is 408. The highest BCUT2D eigenvalue weighted by molar-refractivity contribution is 7.99. The van der Waals surface area contributed by atoms with E-state index in [1.165, 1.54) is 12.0 Å². The maximum absolute atomic E-state index is 12.1. The molecular formula is C13H22N2O5S. The lowest BCUT2D eigenvalue weighted by Gasteiger charge is -2.35. The fourth-order valence-corrected chi connectivity index (χ4v) is 2.76. The van der Waals surface area contributed by atoms with Gasteiger partial charge in [0.25, 0.3) is 0 Å². The number of nitrogens with zero attached hydrogens (tertiary/aromatic N) is 1. The molecule has 1 rings (SSSR count). The summed E-state index contributed by atoms with van der Waals surface area (Å²) in [5.74, 6) is 0.320. The molecule has 0 radical (unpaired) electrons. The van der Waals surface area contributed by atoms with Crippen molar-refractivity contribution in [3.05, 3.63) is 0 Å². The first-order valence-electron chi connectivity index (χ1n) is 6.66. The van der Waals surface area contributed by atoms with Crippen LogP contribution in [0.2, 0.25) is 0 Å². The first kappa shape index (κ1) is 17.6. The largest absolute Gasteiger partial charge is 0.468 e. The Hall–Kier alpha value is -1.44. The Morgan fingerprint density at radius 1 is 1.33 bits per heavy atom. The molecule has 2 amide bonds. The molecule has 0 bridgehead atoms. The van der Waals surface area contributed by atoms with Crippen molar-refractivity contribution in [1.82, 2.24) is 10.2 Å². The Morgan fingerprint density at radius 2 is 2.00 bits per heavy atom. The van der Waals surface area contributed by atoms with E-state index >= 15 is 0 Å². The number of hydrogen-bond acceptors (Lipinski definition) is 6. The number of hydrogen-bond donors (Lipinski definition) is 1. The van der Waals surface area contributed by atoms with Crippen molar-refractivity contribution in [2.24, 2.45) is 0 Å². The van der Waals surface area contributed by atoms with E-state index in [0.29, 0.717) is 12.3 Å². The molecule has 1 heterocycles. The summed E-state index contributed by atoms with van der Waals surface area (Å²) in [7, 11) is 1.25. The lowest BCUT2D eigenvalue weighted by molar-refractivity contribution is -0.141. The summed E-state index contributed by atoms with van der Waals surface area (Å²) in [4.78, 5) is 36.7. The van der Waals surface area contributed by atoms with Crippen LogP contribution in [0.3, 0.4) is 0 Å². The topological polar surface area (TPSA) is 84.9 Å². The van der Waals surface area contributed by atoms with Gasteiger partial charge in [-0.05, 0) is 20.8 Å². The van der Waals surface area contributed by atoms with Gasteiger partial charge in [0.1, 0.15) is 18.2 Å². The Morgan fingerprint density at radius 3 is 2.57 bits per heavy atom. The maximum atomic E-state index is 12.1. The number of carbonyl (C=O) groups is 3. The van der Waals surface area contributed by atoms with E-state index in [0.717, 1.165) is 5.75 Å². The zero-order valence-corrected chi connectivity index (χ0v) is 13.6. The molecule has 1 aliphatic heterocycles. The summed E-state index contributed by atoms with van der Waals surface area (Å²) in [5.41, 5.74) is -0.616. The maximum Gasteiger partial charge on any atom is 0.411 e. The fraction of sp³-hybridized carbons (Fsp3) is 0.769. The predicted octanol–water partition coefficient (Wildman–Crippen LogP) is 0.628. The number of amides is 2. The summed E-state index contributed by atoms with van der Waals surface area (Å²) in [6.07, 6.45) is -0.513. The van der Waals surface area contributed by atoms with Crippen LogP contribution in [-0.2, 0) is 19.1 Å².